The number of carboxylic acid groups (broad SMARTS) is 1. The van der Waals surface area contributed by atoms with Crippen LogP contribution in [-0.4, -0.2) is 23.8 Å². The van der Waals surface area contributed by atoms with Gasteiger partial charge in [0.25, 0.3) is 0 Å². The van der Waals surface area contributed by atoms with E-state index in [9.17, 15) is 14.0 Å². The zero-order valence-electron chi connectivity index (χ0n) is 15.0. The summed E-state index contributed by atoms with van der Waals surface area (Å²) >= 11 is 5.92. The lowest BCUT2D eigenvalue weighted by Crippen LogP contribution is -2.18. The third-order valence-electron chi connectivity index (χ3n) is 4.89. The summed E-state index contributed by atoms with van der Waals surface area (Å²) in [5, 5.41) is 11.1. The number of aromatic carboxylic acids is 1. The van der Waals surface area contributed by atoms with Crippen LogP contribution in [0.15, 0.2) is 60.7 Å². The first-order chi connectivity index (χ1) is 14.0. The summed E-state index contributed by atoms with van der Waals surface area (Å²) in [7, 11) is 0. The van der Waals surface area contributed by atoms with Gasteiger partial charge in [-0.05, 0) is 34.4 Å². The van der Waals surface area contributed by atoms with E-state index in [0.717, 1.165) is 28.3 Å². The van der Waals surface area contributed by atoms with Gasteiger partial charge >= 0.3 is 12.1 Å². The van der Waals surface area contributed by atoms with E-state index >= 15 is 0 Å². The normalized spacial score (nSPS) is 12.2. The van der Waals surface area contributed by atoms with Crippen molar-refractivity contribution in [2.75, 3.05) is 11.9 Å². The third-order valence-corrected chi connectivity index (χ3v) is 5.28. The van der Waals surface area contributed by atoms with Gasteiger partial charge in [-0.2, -0.15) is 0 Å². The number of rotatable bonds is 4. The molecule has 0 bridgehead atoms. The number of fused-ring (bicyclic) bond motifs is 3. The zero-order valence-corrected chi connectivity index (χ0v) is 15.7. The zero-order chi connectivity index (χ0) is 20.5. The molecule has 146 valence electrons. The number of anilines is 1. The number of hydrogen-bond donors (Lipinski definition) is 2. The van der Waals surface area contributed by atoms with Crippen LogP contribution in [0.3, 0.4) is 0 Å². The molecule has 3 aromatic carbocycles. The van der Waals surface area contributed by atoms with Crippen molar-refractivity contribution < 1.29 is 23.8 Å². The number of carbonyl (C=O) groups is 2. The fraction of sp³-hybridized carbons (Fsp3) is 0.0909. The maximum absolute atomic E-state index is 13.6. The maximum atomic E-state index is 13.6. The highest BCUT2D eigenvalue weighted by Gasteiger charge is 2.29. The van der Waals surface area contributed by atoms with E-state index < -0.39 is 28.5 Å². The Balaban J connectivity index is 1.52. The van der Waals surface area contributed by atoms with Crippen molar-refractivity contribution in [2.45, 2.75) is 5.92 Å². The number of benzene rings is 3. The van der Waals surface area contributed by atoms with Crippen LogP contribution in [0.25, 0.3) is 11.1 Å². The number of halogens is 2. The van der Waals surface area contributed by atoms with Crippen LogP contribution in [-0.2, 0) is 4.74 Å². The van der Waals surface area contributed by atoms with Crippen LogP contribution in [0.5, 0.6) is 0 Å². The molecule has 1 aliphatic carbocycles. The lowest BCUT2D eigenvalue weighted by molar-refractivity contribution is 0.0692. The van der Waals surface area contributed by atoms with E-state index in [2.05, 4.69) is 5.32 Å². The van der Waals surface area contributed by atoms with E-state index in [4.69, 9.17) is 21.4 Å². The largest absolute Gasteiger partial charge is 0.478 e. The Hall–Kier alpha value is -3.38. The van der Waals surface area contributed by atoms with Crippen molar-refractivity contribution in [3.8, 4) is 11.1 Å². The molecule has 1 aliphatic rings. The summed E-state index contributed by atoms with van der Waals surface area (Å²) in [6.45, 7) is 0.0878. The fourth-order valence-electron chi connectivity index (χ4n) is 3.59. The molecule has 5 nitrogen and oxygen atoms in total. The van der Waals surface area contributed by atoms with Gasteiger partial charge in [0.05, 0.1) is 10.7 Å². The van der Waals surface area contributed by atoms with Gasteiger partial charge in [0, 0.05) is 5.92 Å². The summed E-state index contributed by atoms with van der Waals surface area (Å²) in [6, 6.07) is 18.0. The third kappa shape index (κ3) is 3.43. The lowest BCUT2D eigenvalue weighted by atomic mass is 9.98. The van der Waals surface area contributed by atoms with Crippen LogP contribution in [0, 0.1) is 5.82 Å². The highest BCUT2D eigenvalue weighted by molar-refractivity contribution is 6.36. The Morgan fingerprint density at radius 1 is 1.00 bits per heavy atom. The molecular weight excluding hydrogens is 397 g/mol. The average Bonchev–Trinajstić information content (AvgIpc) is 3.02. The van der Waals surface area contributed by atoms with E-state index in [1.807, 2.05) is 48.5 Å². The molecule has 2 N–H and O–H groups in total. The Morgan fingerprint density at radius 3 is 2.17 bits per heavy atom. The van der Waals surface area contributed by atoms with Gasteiger partial charge in [-0.3, -0.25) is 5.32 Å². The fourth-order valence-corrected chi connectivity index (χ4v) is 3.87. The van der Waals surface area contributed by atoms with E-state index in [0.29, 0.717) is 0 Å². The van der Waals surface area contributed by atoms with Crippen molar-refractivity contribution in [2.24, 2.45) is 0 Å². The molecule has 0 saturated heterocycles. The number of hydrogen-bond acceptors (Lipinski definition) is 3. The predicted octanol–water partition coefficient (Wildman–Crippen LogP) is 5.54. The molecule has 0 fully saturated rings. The Bertz CT molecular complexity index is 1090. The SMILES string of the molecule is O=C(Nc1ccc(F)c(C(=O)O)c1Cl)OCC1c2ccccc2-c2ccccc21. The van der Waals surface area contributed by atoms with Crippen molar-refractivity contribution >= 4 is 29.4 Å². The minimum Gasteiger partial charge on any atom is -0.478 e. The smallest absolute Gasteiger partial charge is 0.411 e. The van der Waals surface area contributed by atoms with Gasteiger partial charge in [-0.15, -0.1) is 0 Å². The molecule has 3 aromatic rings. The van der Waals surface area contributed by atoms with Crippen molar-refractivity contribution in [1.82, 2.24) is 0 Å². The monoisotopic (exact) mass is 411 g/mol. The molecular formula is C22H15ClFNO4. The second-order valence-electron chi connectivity index (χ2n) is 6.54. The lowest BCUT2D eigenvalue weighted by Gasteiger charge is -2.15. The van der Waals surface area contributed by atoms with E-state index in [1.54, 1.807) is 0 Å². The van der Waals surface area contributed by atoms with Gasteiger partial charge in [-0.25, -0.2) is 14.0 Å². The van der Waals surface area contributed by atoms with Gasteiger partial charge in [-0.1, -0.05) is 60.1 Å². The molecule has 0 aliphatic heterocycles. The van der Waals surface area contributed by atoms with Crippen LogP contribution in [0.2, 0.25) is 5.02 Å². The average molecular weight is 412 g/mol. The van der Waals surface area contributed by atoms with Crippen molar-refractivity contribution in [3.63, 3.8) is 0 Å². The standard InChI is InChI=1S/C22H15ClFNO4/c23-20-18(10-9-17(24)19(20)21(26)27)25-22(28)29-11-16-14-7-3-1-5-12(14)13-6-2-4-8-15(13)16/h1-10,16H,11H2,(H,25,28)(H,26,27). The Labute approximate surface area is 170 Å². The molecule has 1 amide bonds. The minimum absolute atomic E-state index is 0.0392. The second kappa shape index (κ2) is 7.56. The molecule has 29 heavy (non-hydrogen) atoms. The first kappa shape index (κ1) is 19.0. The van der Waals surface area contributed by atoms with Gasteiger partial charge in [0.2, 0.25) is 0 Å². The Kier molecular flexibility index (Phi) is 4.94. The van der Waals surface area contributed by atoms with E-state index in [-0.39, 0.29) is 18.2 Å². The first-order valence-electron chi connectivity index (χ1n) is 8.80. The number of carbonyl (C=O) groups excluding carboxylic acids is 1. The van der Waals surface area contributed by atoms with Crippen LogP contribution in [0.1, 0.15) is 27.4 Å². The molecule has 0 atom stereocenters. The highest BCUT2D eigenvalue weighted by Crippen LogP contribution is 2.44. The number of nitrogens with one attached hydrogen (secondary N) is 1. The summed E-state index contributed by atoms with van der Waals surface area (Å²) in [4.78, 5) is 23.4. The quantitative estimate of drug-likeness (QED) is 0.591. The topological polar surface area (TPSA) is 75.6 Å². The minimum atomic E-state index is -1.52. The highest BCUT2D eigenvalue weighted by atomic mass is 35.5. The van der Waals surface area contributed by atoms with Crippen molar-refractivity contribution in [1.29, 1.82) is 0 Å². The van der Waals surface area contributed by atoms with Crippen molar-refractivity contribution in [3.05, 3.63) is 88.2 Å². The van der Waals surface area contributed by atoms with Gasteiger partial charge in [0.15, 0.2) is 0 Å². The summed E-state index contributed by atoms with van der Waals surface area (Å²) in [5.74, 6) is -2.63. The number of amides is 1. The van der Waals surface area contributed by atoms with Gasteiger partial charge < -0.3 is 9.84 Å². The number of carboxylic acids is 1. The van der Waals surface area contributed by atoms with Crippen LogP contribution >= 0.6 is 11.6 Å². The molecule has 0 heterocycles. The molecule has 7 heteroatoms. The molecule has 4 rings (SSSR count). The summed E-state index contributed by atoms with van der Waals surface area (Å²) in [6.07, 6.45) is -0.809. The number of ether oxygens (including phenoxy) is 1. The van der Waals surface area contributed by atoms with Crippen LogP contribution < -0.4 is 5.32 Å². The first-order valence-corrected chi connectivity index (χ1v) is 9.18. The molecule has 0 radical (unpaired) electrons. The summed E-state index contributed by atoms with van der Waals surface area (Å²) in [5.41, 5.74) is 3.59. The Morgan fingerprint density at radius 2 is 1.59 bits per heavy atom. The predicted molar refractivity (Wildman–Crippen MR) is 107 cm³/mol. The van der Waals surface area contributed by atoms with Gasteiger partial charge in [0.1, 0.15) is 18.0 Å². The summed E-state index contributed by atoms with van der Waals surface area (Å²) < 4.78 is 19.0. The second-order valence-corrected chi connectivity index (χ2v) is 6.92. The van der Waals surface area contributed by atoms with Crippen LogP contribution in [0.4, 0.5) is 14.9 Å². The van der Waals surface area contributed by atoms with E-state index in [1.165, 1.54) is 6.07 Å². The molecule has 0 saturated carbocycles. The molecule has 0 spiro atoms. The maximum Gasteiger partial charge on any atom is 0.411 e. The molecule has 0 aromatic heterocycles. The molecule has 0 unspecified atom stereocenters.